The van der Waals surface area contributed by atoms with Crippen LogP contribution in [0.2, 0.25) is 0 Å². The maximum Gasteiger partial charge on any atom is 0.132 e. The van der Waals surface area contributed by atoms with Gasteiger partial charge in [-0.2, -0.15) is 5.26 Å². The summed E-state index contributed by atoms with van der Waals surface area (Å²) in [6, 6.07) is 42.3. The van der Waals surface area contributed by atoms with Gasteiger partial charge in [-0.3, -0.25) is 0 Å². The van der Waals surface area contributed by atoms with Crippen molar-refractivity contribution in [1.29, 1.82) is 5.26 Å². The average molecular weight is 434 g/mol. The van der Waals surface area contributed by atoms with Gasteiger partial charge < -0.3 is 4.74 Å². The monoisotopic (exact) mass is 433 g/mol. The fraction of sp³-hybridized carbons (Fsp3) is 0.0312. The summed E-state index contributed by atoms with van der Waals surface area (Å²) in [5.74, 6) is 1.77. The Labute approximate surface area is 198 Å². The van der Waals surface area contributed by atoms with Crippen molar-refractivity contribution in [2.75, 3.05) is 0 Å². The lowest BCUT2D eigenvalue weighted by Gasteiger charge is -2.39. The number of nitrogens with zero attached hydrogens (tertiary/aromatic N) is 1. The Kier molecular flexibility index (Phi) is 3.86. The zero-order valence-electron chi connectivity index (χ0n) is 18.3. The van der Waals surface area contributed by atoms with Gasteiger partial charge in [0.1, 0.15) is 11.5 Å². The first-order chi connectivity index (χ1) is 16.8. The van der Waals surface area contributed by atoms with Gasteiger partial charge in [0.25, 0.3) is 0 Å². The Balaban J connectivity index is 1.58. The number of benzene rings is 5. The van der Waals surface area contributed by atoms with Gasteiger partial charge in [0, 0.05) is 11.1 Å². The Morgan fingerprint density at radius 1 is 0.529 bits per heavy atom. The minimum Gasteiger partial charge on any atom is -0.457 e. The zero-order valence-corrected chi connectivity index (χ0v) is 18.3. The van der Waals surface area contributed by atoms with Gasteiger partial charge >= 0.3 is 0 Å². The summed E-state index contributed by atoms with van der Waals surface area (Å²) in [5.41, 5.74) is 9.80. The average Bonchev–Trinajstić information content (AvgIpc) is 3.20. The van der Waals surface area contributed by atoms with Crippen molar-refractivity contribution in [3.63, 3.8) is 0 Å². The van der Waals surface area contributed by atoms with Crippen molar-refractivity contribution < 1.29 is 4.74 Å². The molecule has 158 valence electrons. The van der Waals surface area contributed by atoms with Crippen LogP contribution < -0.4 is 4.74 Å². The van der Waals surface area contributed by atoms with Crippen molar-refractivity contribution in [2.24, 2.45) is 0 Å². The molecule has 1 heterocycles. The maximum atomic E-state index is 9.21. The Morgan fingerprint density at radius 2 is 1.09 bits per heavy atom. The highest BCUT2D eigenvalue weighted by Crippen LogP contribution is 2.62. The van der Waals surface area contributed by atoms with E-state index in [1.54, 1.807) is 0 Å². The summed E-state index contributed by atoms with van der Waals surface area (Å²) in [7, 11) is 0. The molecule has 1 aliphatic heterocycles. The van der Waals surface area contributed by atoms with Gasteiger partial charge in [0.15, 0.2) is 0 Å². The molecule has 2 heteroatoms. The van der Waals surface area contributed by atoms with Gasteiger partial charge in [-0.05, 0) is 63.7 Å². The molecule has 0 atom stereocenters. The number of hydrogen-bond donors (Lipinski definition) is 0. The largest absolute Gasteiger partial charge is 0.457 e. The molecule has 0 radical (unpaired) electrons. The fourth-order valence-corrected chi connectivity index (χ4v) is 5.77. The number of para-hydroxylation sites is 1. The lowest BCUT2D eigenvalue weighted by Crippen LogP contribution is -2.32. The van der Waals surface area contributed by atoms with Crippen molar-refractivity contribution in [2.45, 2.75) is 5.41 Å². The van der Waals surface area contributed by atoms with Crippen LogP contribution in [0, 0.1) is 11.3 Å². The molecule has 0 amide bonds. The van der Waals surface area contributed by atoms with Gasteiger partial charge in [-0.15, -0.1) is 0 Å². The molecule has 0 fully saturated rings. The molecule has 0 unspecified atom stereocenters. The van der Waals surface area contributed by atoms with E-state index < -0.39 is 5.41 Å². The van der Waals surface area contributed by atoms with Gasteiger partial charge in [-0.1, -0.05) is 84.9 Å². The molecule has 0 bridgehead atoms. The van der Waals surface area contributed by atoms with Crippen LogP contribution in [0.25, 0.3) is 22.3 Å². The van der Waals surface area contributed by atoms with Crippen LogP contribution in [0.3, 0.4) is 0 Å². The van der Waals surface area contributed by atoms with E-state index in [9.17, 15) is 5.26 Å². The first-order valence-electron chi connectivity index (χ1n) is 11.4. The minimum absolute atomic E-state index is 0.458. The predicted octanol–water partition coefficient (Wildman–Crippen LogP) is 7.69. The Bertz CT molecular complexity index is 1590. The summed E-state index contributed by atoms with van der Waals surface area (Å²) in [6.45, 7) is 0. The third kappa shape index (κ3) is 2.39. The molecule has 1 aliphatic carbocycles. The van der Waals surface area contributed by atoms with Crippen molar-refractivity contribution in [3.05, 3.63) is 143 Å². The number of hydrogen-bond acceptors (Lipinski definition) is 2. The molecule has 34 heavy (non-hydrogen) atoms. The van der Waals surface area contributed by atoms with Crippen LogP contribution in [-0.2, 0) is 5.41 Å². The van der Waals surface area contributed by atoms with Crippen LogP contribution in [0.1, 0.15) is 27.8 Å². The molecule has 1 spiro atoms. The van der Waals surface area contributed by atoms with Gasteiger partial charge in [0.05, 0.1) is 17.0 Å². The molecule has 2 aliphatic rings. The summed E-state index contributed by atoms with van der Waals surface area (Å²) in [6.07, 6.45) is 0. The second kappa shape index (κ2) is 6.94. The third-order valence-corrected chi connectivity index (χ3v) is 7.19. The molecule has 2 nitrogen and oxygen atoms in total. The number of ether oxygens (including phenoxy) is 1. The fourth-order valence-electron chi connectivity index (χ4n) is 5.77. The highest BCUT2D eigenvalue weighted by Gasteiger charge is 2.50. The highest BCUT2D eigenvalue weighted by atomic mass is 16.5. The molecular formula is C32H19NO. The summed E-state index contributed by atoms with van der Waals surface area (Å²) in [4.78, 5) is 0. The minimum atomic E-state index is -0.458. The molecule has 7 rings (SSSR count). The molecule has 0 aromatic heterocycles. The lowest BCUT2D eigenvalue weighted by atomic mass is 9.66. The molecular weight excluding hydrogens is 414 g/mol. The van der Waals surface area contributed by atoms with Crippen LogP contribution in [-0.4, -0.2) is 0 Å². The maximum absolute atomic E-state index is 9.21. The second-order valence-corrected chi connectivity index (χ2v) is 8.84. The quantitative estimate of drug-likeness (QED) is 0.266. The van der Waals surface area contributed by atoms with E-state index in [0.717, 1.165) is 33.8 Å². The van der Waals surface area contributed by atoms with E-state index in [0.29, 0.717) is 5.56 Å². The van der Waals surface area contributed by atoms with Crippen LogP contribution in [0.15, 0.2) is 115 Å². The number of nitriles is 1. The van der Waals surface area contributed by atoms with Gasteiger partial charge in [0.2, 0.25) is 0 Å². The van der Waals surface area contributed by atoms with Crippen molar-refractivity contribution in [1.82, 2.24) is 0 Å². The van der Waals surface area contributed by atoms with E-state index in [2.05, 4.69) is 91.0 Å². The number of fused-ring (bicyclic) bond motifs is 9. The van der Waals surface area contributed by atoms with E-state index in [1.165, 1.54) is 22.3 Å². The lowest BCUT2D eigenvalue weighted by molar-refractivity contribution is 0.436. The molecule has 5 aromatic carbocycles. The molecule has 5 aromatic rings. The Hall–Kier alpha value is -4.61. The topological polar surface area (TPSA) is 33.0 Å². The van der Waals surface area contributed by atoms with Crippen molar-refractivity contribution >= 4 is 0 Å². The van der Waals surface area contributed by atoms with Crippen LogP contribution in [0.5, 0.6) is 11.5 Å². The standard InChI is InChI=1S/C32H19NO/c33-20-21-13-15-22(16-14-21)23-17-18-31-29(19-23)32(28-11-5-6-12-30(28)34-31)26-9-3-1-7-24(26)25-8-2-4-10-27(25)32/h1-19H. The first-order valence-corrected chi connectivity index (χ1v) is 11.4. The normalized spacial score (nSPS) is 13.7. The summed E-state index contributed by atoms with van der Waals surface area (Å²) >= 11 is 0. The van der Waals surface area contributed by atoms with E-state index in [1.807, 2.05) is 30.3 Å². The van der Waals surface area contributed by atoms with Crippen LogP contribution in [0.4, 0.5) is 0 Å². The third-order valence-electron chi connectivity index (χ3n) is 7.19. The van der Waals surface area contributed by atoms with Gasteiger partial charge in [-0.25, -0.2) is 0 Å². The zero-order chi connectivity index (χ0) is 22.7. The SMILES string of the molecule is N#Cc1ccc(-c2ccc3c(c2)C2(c4ccccc4O3)c3ccccc3-c3ccccc32)cc1. The molecule has 0 N–H and O–H groups in total. The summed E-state index contributed by atoms with van der Waals surface area (Å²) in [5, 5.41) is 9.21. The summed E-state index contributed by atoms with van der Waals surface area (Å²) < 4.78 is 6.48. The predicted molar refractivity (Wildman–Crippen MR) is 134 cm³/mol. The van der Waals surface area contributed by atoms with E-state index in [4.69, 9.17) is 4.74 Å². The van der Waals surface area contributed by atoms with Crippen LogP contribution >= 0.6 is 0 Å². The van der Waals surface area contributed by atoms with E-state index >= 15 is 0 Å². The smallest absolute Gasteiger partial charge is 0.132 e. The molecule has 0 saturated carbocycles. The van der Waals surface area contributed by atoms with E-state index in [-0.39, 0.29) is 0 Å². The van der Waals surface area contributed by atoms with Crippen molar-refractivity contribution in [3.8, 4) is 39.8 Å². The first kappa shape index (κ1) is 18.9. The Morgan fingerprint density at radius 3 is 1.76 bits per heavy atom. The second-order valence-electron chi connectivity index (χ2n) is 8.84. The number of rotatable bonds is 1. The highest BCUT2D eigenvalue weighted by molar-refractivity contribution is 5.89. The molecule has 0 saturated heterocycles.